The van der Waals surface area contributed by atoms with Gasteiger partial charge >= 0.3 is 6.03 Å². The highest BCUT2D eigenvalue weighted by molar-refractivity contribution is 6.30. The van der Waals surface area contributed by atoms with Gasteiger partial charge in [0, 0.05) is 29.6 Å². The van der Waals surface area contributed by atoms with E-state index in [1.807, 2.05) is 18.2 Å². The lowest BCUT2D eigenvalue weighted by atomic mass is 9.46. The summed E-state index contributed by atoms with van der Waals surface area (Å²) in [5.41, 5.74) is 0.496. The van der Waals surface area contributed by atoms with Crippen molar-refractivity contribution in [2.24, 2.45) is 17.8 Å². The lowest BCUT2D eigenvalue weighted by Crippen LogP contribution is -2.65. The van der Waals surface area contributed by atoms with E-state index in [2.05, 4.69) is 23.2 Å². The van der Waals surface area contributed by atoms with Gasteiger partial charge in [0.1, 0.15) is 0 Å². The molecule has 0 aromatic heterocycles. The van der Waals surface area contributed by atoms with E-state index in [0.717, 1.165) is 42.8 Å². The number of carbonyl (C=O) groups excluding carboxylic acids is 1. The fraction of sp³-hybridized carbons (Fsp3) is 0.650. The van der Waals surface area contributed by atoms with Crippen LogP contribution in [0.4, 0.5) is 4.79 Å². The van der Waals surface area contributed by atoms with Crippen molar-refractivity contribution in [1.29, 1.82) is 0 Å². The second kappa shape index (κ2) is 5.37. The molecule has 4 nitrogen and oxygen atoms in total. The average molecular weight is 361 g/mol. The monoisotopic (exact) mass is 360 g/mol. The van der Waals surface area contributed by atoms with E-state index in [0.29, 0.717) is 17.8 Å². The molecule has 4 saturated carbocycles. The first kappa shape index (κ1) is 16.0. The number of nitrogens with one attached hydrogen (secondary N) is 1. The van der Waals surface area contributed by atoms with Crippen LogP contribution in [-0.2, 0) is 0 Å². The third kappa shape index (κ3) is 2.33. The summed E-state index contributed by atoms with van der Waals surface area (Å²) < 4.78 is 0. The molecular formula is C20H25ClN2O2. The highest BCUT2D eigenvalue weighted by Crippen LogP contribution is 2.63. The maximum atomic E-state index is 12.5. The van der Waals surface area contributed by atoms with E-state index in [4.69, 9.17) is 11.6 Å². The van der Waals surface area contributed by atoms with E-state index in [-0.39, 0.29) is 24.0 Å². The second-order valence-corrected chi connectivity index (χ2v) is 9.24. The van der Waals surface area contributed by atoms with Crippen molar-refractivity contribution in [2.75, 3.05) is 6.54 Å². The number of hydrogen-bond donors (Lipinski definition) is 2. The predicted molar refractivity (Wildman–Crippen MR) is 96.6 cm³/mol. The van der Waals surface area contributed by atoms with Gasteiger partial charge in [0.05, 0.1) is 5.60 Å². The van der Waals surface area contributed by atoms with E-state index < -0.39 is 5.60 Å². The van der Waals surface area contributed by atoms with Crippen LogP contribution >= 0.6 is 11.6 Å². The summed E-state index contributed by atoms with van der Waals surface area (Å²) in [6.45, 7) is 2.85. The summed E-state index contributed by atoms with van der Waals surface area (Å²) in [6.07, 6.45) is 3.97. The van der Waals surface area contributed by atoms with Crippen molar-refractivity contribution in [1.82, 2.24) is 10.2 Å². The van der Waals surface area contributed by atoms with E-state index in [9.17, 15) is 9.90 Å². The van der Waals surface area contributed by atoms with Gasteiger partial charge in [-0.2, -0.15) is 0 Å². The first-order valence-electron chi connectivity index (χ1n) is 9.49. The normalized spacial score (nSPS) is 45.1. The Labute approximate surface area is 153 Å². The molecule has 1 aromatic carbocycles. The molecular weight excluding hydrogens is 336 g/mol. The molecule has 4 aliphatic carbocycles. The van der Waals surface area contributed by atoms with Crippen LogP contribution in [-0.4, -0.2) is 40.3 Å². The summed E-state index contributed by atoms with van der Waals surface area (Å²) in [6, 6.07) is 8.49. The van der Waals surface area contributed by atoms with Crippen LogP contribution in [0.1, 0.15) is 44.1 Å². The Hall–Kier alpha value is -1.26. The SMILES string of the molecule is CC1CN(C2C3CC4CC2C(c2cccc(Cl)c2)C(O)(C4)C3)C(=O)N1. The maximum Gasteiger partial charge on any atom is 0.318 e. The Bertz CT molecular complexity index is 725. The average Bonchev–Trinajstić information content (AvgIpc) is 2.84. The minimum atomic E-state index is -0.639. The smallest absolute Gasteiger partial charge is 0.318 e. The quantitative estimate of drug-likeness (QED) is 0.849. The fourth-order valence-corrected chi connectivity index (χ4v) is 6.85. The number of benzene rings is 1. The van der Waals surface area contributed by atoms with Gasteiger partial charge < -0.3 is 15.3 Å². The van der Waals surface area contributed by atoms with Gasteiger partial charge in [-0.1, -0.05) is 23.7 Å². The van der Waals surface area contributed by atoms with Crippen molar-refractivity contribution in [3.8, 4) is 0 Å². The van der Waals surface area contributed by atoms with Crippen LogP contribution in [0.3, 0.4) is 0 Å². The zero-order valence-corrected chi connectivity index (χ0v) is 15.2. The number of rotatable bonds is 2. The molecule has 25 heavy (non-hydrogen) atoms. The van der Waals surface area contributed by atoms with Gasteiger partial charge in [0.2, 0.25) is 0 Å². The Kier molecular flexibility index (Phi) is 3.43. The van der Waals surface area contributed by atoms with Gasteiger partial charge in [-0.25, -0.2) is 4.79 Å². The van der Waals surface area contributed by atoms with Gasteiger partial charge in [0.25, 0.3) is 0 Å². The van der Waals surface area contributed by atoms with Crippen LogP contribution in [0.5, 0.6) is 0 Å². The standard InChI is InChI=1S/C20H25ClN2O2/c1-11-10-23(19(24)22-11)18-14-5-12-6-16(18)17(20(25,8-12)9-14)13-3-2-4-15(21)7-13/h2-4,7,11-12,14,16-18,25H,5-6,8-10H2,1H3,(H,22,24). The Balaban J connectivity index is 1.56. The number of amides is 2. The first-order chi connectivity index (χ1) is 11.9. The third-order valence-corrected chi connectivity index (χ3v) is 7.33. The van der Waals surface area contributed by atoms with Gasteiger partial charge in [0.15, 0.2) is 0 Å². The molecule has 134 valence electrons. The Morgan fingerprint density at radius 3 is 2.88 bits per heavy atom. The Morgan fingerprint density at radius 2 is 2.16 bits per heavy atom. The highest BCUT2D eigenvalue weighted by atomic mass is 35.5. The molecule has 1 aliphatic heterocycles. The van der Waals surface area contributed by atoms with Crippen LogP contribution in [0.25, 0.3) is 0 Å². The van der Waals surface area contributed by atoms with E-state index in [1.165, 1.54) is 0 Å². The van der Waals surface area contributed by atoms with Crippen molar-refractivity contribution >= 4 is 17.6 Å². The highest BCUT2D eigenvalue weighted by Gasteiger charge is 2.62. The topological polar surface area (TPSA) is 52.6 Å². The van der Waals surface area contributed by atoms with E-state index in [1.54, 1.807) is 0 Å². The number of urea groups is 1. The largest absolute Gasteiger partial charge is 0.389 e. The summed E-state index contributed by atoms with van der Waals surface area (Å²) in [5, 5.41) is 15.3. The summed E-state index contributed by atoms with van der Waals surface area (Å²) in [7, 11) is 0. The molecule has 4 bridgehead atoms. The predicted octanol–water partition coefficient (Wildman–Crippen LogP) is 3.39. The van der Waals surface area contributed by atoms with Crippen LogP contribution in [0.15, 0.2) is 24.3 Å². The molecule has 5 fully saturated rings. The van der Waals surface area contributed by atoms with Gasteiger partial charge in [-0.05, 0) is 68.1 Å². The van der Waals surface area contributed by atoms with Crippen LogP contribution in [0, 0.1) is 17.8 Å². The number of halogens is 1. The van der Waals surface area contributed by atoms with Crippen molar-refractivity contribution in [3.05, 3.63) is 34.9 Å². The third-order valence-electron chi connectivity index (χ3n) is 7.10. The number of hydrogen-bond acceptors (Lipinski definition) is 2. The second-order valence-electron chi connectivity index (χ2n) is 8.80. The van der Waals surface area contributed by atoms with E-state index >= 15 is 0 Å². The molecule has 1 heterocycles. The molecule has 1 aromatic rings. The molecule has 7 atom stereocenters. The lowest BCUT2D eigenvalue weighted by molar-refractivity contribution is -0.169. The number of nitrogens with zero attached hydrogens (tertiary/aromatic N) is 1. The minimum Gasteiger partial charge on any atom is -0.389 e. The fourth-order valence-electron chi connectivity index (χ4n) is 6.65. The first-order valence-corrected chi connectivity index (χ1v) is 9.87. The van der Waals surface area contributed by atoms with Crippen molar-refractivity contribution < 1.29 is 9.90 Å². The van der Waals surface area contributed by atoms with Crippen molar-refractivity contribution in [3.63, 3.8) is 0 Å². The summed E-state index contributed by atoms with van der Waals surface area (Å²) in [5.74, 6) is 1.43. The zero-order chi connectivity index (χ0) is 17.3. The summed E-state index contributed by atoms with van der Waals surface area (Å²) in [4.78, 5) is 14.6. The molecule has 5 aliphatic rings. The molecule has 2 N–H and O–H groups in total. The number of carbonyl (C=O) groups is 1. The lowest BCUT2D eigenvalue weighted by Gasteiger charge is -2.63. The molecule has 6 rings (SSSR count). The maximum absolute atomic E-state index is 12.5. The molecule has 2 amide bonds. The van der Waals surface area contributed by atoms with Gasteiger partial charge in [-0.3, -0.25) is 0 Å². The molecule has 0 spiro atoms. The van der Waals surface area contributed by atoms with Crippen LogP contribution < -0.4 is 5.32 Å². The van der Waals surface area contributed by atoms with Crippen LogP contribution in [0.2, 0.25) is 5.02 Å². The molecule has 7 unspecified atom stereocenters. The van der Waals surface area contributed by atoms with Gasteiger partial charge in [-0.15, -0.1) is 0 Å². The zero-order valence-electron chi connectivity index (χ0n) is 14.5. The Morgan fingerprint density at radius 1 is 1.32 bits per heavy atom. The van der Waals surface area contributed by atoms with Crippen molar-refractivity contribution in [2.45, 2.75) is 56.2 Å². The molecule has 1 saturated heterocycles. The molecule has 5 heteroatoms. The summed E-state index contributed by atoms with van der Waals surface area (Å²) >= 11 is 6.25. The minimum absolute atomic E-state index is 0.0711. The molecule has 0 radical (unpaired) electrons. The number of aliphatic hydroxyl groups is 1.